The van der Waals surface area contributed by atoms with Crippen molar-refractivity contribution in [3.05, 3.63) is 30.0 Å². The molecule has 0 radical (unpaired) electrons. The van der Waals surface area contributed by atoms with Gasteiger partial charge in [0, 0.05) is 18.0 Å². The highest BCUT2D eigenvalue weighted by molar-refractivity contribution is 5.79. The van der Waals surface area contributed by atoms with Crippen LogP contribution in [0.15, 0.2) is 28.7 Å². The Kier molecular flexibility index (Phi) is 4.20. The molecule has 1 saturated heterocycles. The van der Waals surface area contributed by atoms with Crippen LogP contribution >= 0.6 is 0 Å². The van der Waals surface area contributed by atoms with E-state index in [4.69, 9.17) is 13.9 Å². The number of rotatable bonds is 6. The lowest BCUT2D eigenvalue weighted by Crippen LogP contribution is -2.39. The molecule has 1 amide bonds. The maximum absolute atomic E-state index is 11.4. The van der Waals surface area contributed by atoms with E-state index in [1.54, 1.807) is 12.0 Å². The van der Waals surface area contributed by atoms with E-state index < -0.39 is 0 Å². The molecular weight excluding hydrogens is 284 g/mol. The SMILES string of the molecule is COc1ccc2oc(CN[C@@H](C)CN3CCOC3=O)cc2c1. The van der Waals surface area contributed by atoms with Gasteiger partial charge in [0.2, 0.25) is 0 Å². The monoisotopic (exact) mass is 304 g/mol. The molecule has 1 N–H and O–H groups in total. The van der Waals surface area contributed by atoms with Crippen molar-refractivity contribution >= 4 is 17.1 Å². The summed E-state index contributed by atoms with van der Waals surface area (Å²) in [6.45, 7) is 4.43. The molecule has 1 aliphatic heterocycles. The zero-order chi connectivity index (χ0) is 15.5. The number of fused-ring (bicyclic) bond motifs is 1. The van der Waals surface area contributed by atoms with E-state index in [-0.39, 0.29) is 12.1 Å². The van der Waals surface area contributed by atoms with E-state index in [2.05, 4.69) is 5.32 Å². The third-order valence-corrected chi connectivity index (χ3v) is 3.74. The van der Waals surface area contributed by atoms with Crippen molar-refractivity contribution in [3.63, 3.8) is 0 Å². The molecule has 0 spiro atoms. The quantitative estimate of drug-likeness (QED) is 0.887. The van der Waals surface area contributed by atoms with Gasteiger partial charge in [-0.2, -0.15) is 0 Å². The Bertz CT molecular complexity index is 667. The van der Waals surface area contributed by atoms with Gasteiger partial charge < -0.3 is 24.1 Å². The summed E-state index contributed by atoms with van der Waals surface area (Å²) in [5.74, 6) is 1.67. The average Bonchev–Trinajstić information content (AvgIpc) is 3.10. The van der Waals surface area contributed by atoms with E-state index in [9.17, 15) is 4.79 Å². The summed E-state index contributed by atoms with van der Waals surface area (Å²) in [6.07, 6.45) is -0.232. The van der Waals surface area contributed by atoms with E-state index in [0.29, 0.717) is 26.2 Å². The molecule has 1 atom stereocenters. The van der Waals surface area contributed by atoms with Crippen molar-refractivity contribution in [2.45, 2.75) is 19.5 Å². The lowest BCUT2D eigenvalue weighted by Gasteiger charge is -2.19. The van der Waals surface area contributed by atoms with Crippen LogP contribution in [0.25, 0.3) is 11.0 Å². The molecule has 6 heteroatoms. The van der Waals surface area contributed by atoms with Crippen LogP contribution in [0.4, 0.5) is 4.79 Å². The van der Waals surface area contributed by atoms with Gasteiger partial charge in [-0.15, -0.1) is 0 Å². The van der Waals surface area contributed by atoms with Gasteiger partial charge in [-0.3, -0.25) is 0 Å². The van der Waals surface area contributed by atoms with Gasteiger partial charge in [0.05, 0.1) is 20.2 Å². The number of nitrogens with one attached hydrogen (secondary N) is 1. The maximum atomic E-state index is 11.4. The van der Waals surface area contributed by atoms with Gasteiger partial charge in [0.1, 0.15) is 23.7 Å². The predicted molar refractivity (Wildman–Crippen MR) is 82.0 cm³/mol. The lowest BCUT2D eigenvalue weighted by molar-refractivity contribution is 0.156. The molecule has 1 aromatic heterocycles. The number of amides is 1. The van der Waals surface area contributed by atoms with E-state index >= 15 is 0 Å². The zero-order valence-electron chi connectivity index (χ0n) is 12.8. The largest absolute Gasteiger partial charge is 0.497 e. The molecule has 3 rings (SSSR count). The van der Waals surface area contributed by atoms with Gasteiger partial charge in [0.25, 0.3) is 0 Å². The fourth-order valence-corrected chi connectivity index (χ4v) is 2.55. The van der Waals surface area contributed by atoms with Crippen LogP contribution in [0.2, 0.25) is 0 Å². The van der Waals surface area contributed by atoms with Crippen molar-refractivity contribution in [3.8, 4) is 5.75 Å². The minimum Gasteiger partial charge on any atom is -0.497 e. The summed E-state index contributed by atoms with van der Waals surface area (Å²) in [7, 11) is 1.65. The minimum absolute atomic E-state index is 0.161. The number of carbonyl (C=O) groups excluding carboxylic acids is 1. The first-order valence-electron chi connectivity index (χ1n) is 7.37. The summed E-state index contributed by atoms with van der Waals surface area (Å²) < 4.78 is 15.9. The van der Waals surface area contributed by atoms with Crippen LogP contribution < -0.4 is 10.1 Å². The van der Waals surface area contributed by atoms with Crippen molar-refractivity contribution in [2.24, 2.45) is 0 Å². The molecule has 1 fully saturated rings. The Morgan fingerprint density at radius 1 is 1.41 bits per heavy atom. The number of furan rings is 1. The fraction of sp³-hybridized carbons (Fsp3) is 0.438. The molecule has 1 aromatic carbocycles. The van der Waals surface area contributed by atoms with E-state index in [0.717, 1.165) is 22.5 Å². The summed E-state index contributed by atoms with van der Waals surface area (Å²) in [5, 5.41) is 4.38. The molecule has 22 heavy (non-hydrogen) atoms. The van der Waals surface area contributed by atoms with Crippen LogP contribution in [0.5, 0.6) is 5.75 Å². The average molecular weight is 304 g/mol. The summed E-state index contributed by atoms with van der Waals surface area (Å²) in [4.78, 5) is 13.1. The smallest absolute Gasteiger partial charge is 0.409 e. The molecule has 0 saturated carbocycles. The summed E-state index contributed by atoms with van der Waals surface area (Å²) in [6, 6.07) is 7.90. The molecule has 0 bridgehead atoms. The predicted octanol–water partition coefficient (Wildman–Crippen LogP) is 2.37. The molecule has 0 aliphatic carbocycles. The van der Waals surface area contributed by atoms with Gasteiger partial charge in [-0.05, 0) is 31.2 Å². The number of cyclic esters (lactones) is 1. The second-order valence-electron chi connectivity index (χ2n) is 5.46. The van der Waals surface area contributed by atoms with Gasteiger partial charge in [0.15, 0.2) is 0 Å². The minimum atomic E-state index is -0.232. The van der Waals surface area contributed by atoms with E-state index in [1.807, 2.05) is 31.2 Å². The van der Waals surface area contributed by atoms with Gasteiger partial charge in [-0.1, -0.05) is 0 Å². The first kappa shape index (κ1) is 14.7. The van der Waals surface area contributed by atoms with Crippen molar-refractivity contribution in [1.29, 1.82) is 0 Å². The van der Waals surface area contributed by atoms with Crippen molar-refractivity contribution < 1.29 is 18.7 Å². The second kappa shape index (κ2) is 6.27. The van der Waals surface area contributed by atoms with E-state index in [1.165, 1.54) is 0 Å². The Morgan fingerprint density at radius 2 is 2.27 bits per heavy atom. The Balaban J connectivity index is 1.57. The molecule has 0 unspecified atom stereocenters. The number of ether oxygens (including phenoxy) is 2. The zero-order valence-corrected chi connectivity index (χ0v) is 12.8. The third kappa shape index (κ3) is 3.17. The molecule has 2 heterocycles. The fourth-order valence-electron chi connectivity index (χ4n) is 2.55. The third-order valence-electron chi connectivity index (χ3n) is 3.74. The number of hydrogen-bond donors (Lipinski definition) is 1. The van der Waals surface area contributed by atoms with Crippen LogP contribution in [-0.2, 0) is 11.3 Å². The first-order valence-corrected chi connectivity index (χ1v) is 7.37. The Labute approximate surface area is 129 Å². The van der Waals surface area contributed by atoms with Crippen LogP contribution in [0.1, 0.15) is 12.7 Å². The van der Waals surface area contributed by atoms with Crippen LogP contribution in [0, 0.1) is 0 Å². The molecular formula is C16H20N2O4. The Hall–Kier alpha value is -2.21. The first-order chi connectivity index (χ1) is 10.7. The van der Waals surface area contributed by atoms with Crippen LogP contribution in [0.3, 0.4) is 0 Å². The van der Waals surface area contributed by atoms with Gasteiger partial charge in [-0.25, -0.2) is 4.79 Å². The number of benzene rings is 1. The highest BCUT2D eigenvalue weighted by Gasteiger charge is 2.23. The number of methoxy groups -OCH3 is 1. The lowest BCUT2D eigenvalue weighted by atomic mass is 10.2. The highest BCUT2D eigenvalue weighted by atomic mass is 16.6. The topological polar surface area (TPSA) is 63.9 Å². The number of hydrogen-bond acceptors (Lipinski definition) is 5. The molecule has 1 aliphatic rings. The van der Waals surface area contributed by atoms with Crippen molar-refractivity contribution in [1.82, 2.24) is 10.2 Å². The molecule has 118 valence electrons. The maximum Gasteiger partial charge on any atom is 0.409 e. The number of nitrogens with zero attached hydrogens (tertiary/aromatic N) is 1. The normalized spacial score (nSPS) is 16.1. The molecule has 6 nitrogen and oxygen atoms in total. The number of carbonyl (C=O) groups is 1. The van der Waals surface area contributed by atoms with Gasteiger partial charge >= 0.3 is 6.09 Å². The van der Waals surface area contributed by atoms with Crippen molar-refractivity contribution in [2.75, 3.05) is 26.8 Å². The standard InChI is InChI=1S/C16H20N2O4/c1-11(10-18-5-6-21-16(18)19)17-9-14-8-12-7-13(20-2)3-4-15(12)22-14/h3-4,7-8,11,17H,5-6,9-10H2,1-2H3/t11-/m0/s1. The Morgan fingerprint density at radius 3 is 3.00 bits per heavy atom. The second-order valence-corrected chi connectivity index (χ2v) is 5.46. The van der Waals surface area contributed by atoms with Crippen LogP contribution in [-0.4, -0.2) is 43.8 Å². The summed E-state index contributed by atoms with van der Waals surface area (Å²) >= 11 is 0. The highest BCUT2D eigenvalue weighted by Crippen LogP contribution is 2.24. The summed E-state index contributed by atoms with van der Waals surface area (Å²) in [5.41, 5.74) is 0.841. The molecule has 2 aromatic rings.